The lowest BCUT2D eigenvalue weighted by molar-refractivity contribution is 0.311. The summed E-state index contributed by atoms with van der Waals surface area (Å²) >= 11 is 0. The molecule has 9 heavy (non-hydrogen) atoms. The van der Waals surface area contributed by atoms with Gasteiger partial charge in [0, 0.05) is 11.9 Å². The molecule has 0 aliphatic carbocycles. The van der Waals surface area contributed by atoms with E-state index < -0.39 is 0 Å². The lowest BCUT2D eigenvalue weighted by atomic mass is 10.4. The molecule has 0 aliphatic rings. The Morgan fingerprint density at radius 3 is 2.33 bits per heavy atom. The topological polar surface area (TPSA) is 59.1 Å². The third-order valence-corrected chi connectivity index (χ3v) is 0.813. The van der Waals surface area contributed by atoms with Gasteiger partial charge in [0.1, 0.15) is 0 Å². The standard InChI is InChI=1S/C6H7N.H3NO/c1-6-4-2-3-5-7-6;1-2/h2-5H,1H3;2H,1H2. The molecule has 0 spiro atoms. The van der Waals surface area contributed by atoms with Crippen LogP contribution in [-0.4, -0.2) is 10.2 Å². The van der Waals surface area contributed by atoms with Crippen LogP contribution in [0.2, 0.25) is 0 Å². The minimum Gasteiger partial charge on any atom is -0.320 e. The molecule has 0 aromatic carbocycles. The van der Waals surface area contributed by atoms with E-state index in [-0.39, 0.29) is 0 Å². The number of nitrogens with two attached hydrogens (primary N) is 1. The molecular formula is C6H10N2O. The first-order valence-electron chi connectivity index (χ1n) is 2.53. The highest BCUT2D eigenvalue weighted by Gasteiger charge is 1.73. The highest BCUT2D eigenvalue weighted by atomic mass is 16.4. The zero-order valence-electron chi connectivity index (χ0n) is 5.28. The Balaban J connectivity index is 0.000000291. The van der Waals surface area contributed by atoms with Crippen molar-refractivity contribution in [2.24, 2.45) is 5.90 Å². The van der Waals surface area contributed by atoms with Gasteiger partial charge in [-0.3, -0.25) is 4.98 Å². The van der Waals surface area contributed by atoms with Crippen LogP contribution >= 0.6 is 0 Å². The van der Waals surface area contributed by atoms with Gasteiger partial charge in [-0.1, -0.05) is 6.07 Å². The van der Waals surface area contributed by atoms with E-state index in [0.29, 0.717) is 0 Å². The molecule has 0 saturated carbocycles. The Hall–Kier alpha value is -0.930. The molecule has 0 bridgehead atoms. The molecule has 3 nitrogen and oxygen atoms in total. The first-order valence-corrected chi connectivity index (χ1v) is 2.53. The molecule has 0 amide bonds. The smallest absolute Gasteiger partial charge is 0.0372 e. The Morgan fingerprint density at radius 2 is 2.11 bits per heavy atom. The van der Waals surface area contributed by atoms with Gasteiger partial charge in [0.15, 0.2) is 0 Å². The van der Waals surface area contributed by atoms with Crippen molar-refractivity contribution in [1.82, 2.24) is 4.98 Å². The average Bonchev–Trinajstić information content (AvgIpc) is 1.94. The quantitative estimate of drug-likeness (QED) is 0.503. The van der Waals surface area contributed by atoms with Gasteiger partial charge < -0.3 is 5.21 Å². The maximum absolute atomic E-state index is 6.50. The van der Waals surface area contributed by atoms with Crippen molar-refractivity contribution in [1.29, 1.82) is 0 Å². The molecule has 1 aromatic rings. The third kappa shape index (κ3) is 3.64. The van der Waals surface area contributed by atoms with Crippen LogP contribution in [0, 0.1) is 6.92 Å². The van der Waals surface area contributed by atoms with Crippen molar-refractivity contribution in [2.45, 2.75) is 6.92 Å². The summed E-state index contributed by atoms with van der Waals surface area (Å²) in [6.07, 6.45) is 1.79. The van der Waals surface area contributed by atoms with Crippen LogP contribution < -0.4 is 5.90 Å². The summed E-state index contributed by atoms with van der Waals surface area (Å²) in [6, 6.07) is 5.86. The van der Waals surface area contributed by atoms with Crippen LogP contribution in [0.4, 0.5) is 0 Å². The van der Waals surface area contributed by atoms with Crippen LogP contribution in [0.3, 0.4) is 0 Å². The van der Waals surface area contributed by atoms with Crippen molar-refractivity contribution >= 4 is 0 Å². The monoisotopic (exact) mass is 126 g/mol. The van der Waals surface area contributed by atoms with Crippen LogP contribution in [-0.2, 0) is 0 Å². The molecule has 0 saturated heterocycles. The summed E-state index contributed by atoms with van der Waals surface area (Å²) in [4.78, 5) is 3.98. The van der Waals surface area contributed by atoms with E-state index in [2.05, 4.69) is 10.9 Å². The number of rotatable bonds is 0. The van der Waals surface area contributed by atoms with Crippen LogP contribution in [0.25, 0.3) is 0 Å². The number of aromatic nitrogens is 1. The fourth-order valence-electron chi connectivity index (χ4n) is 0.448. The van der Waals surface area contributed by atoms with E-state index >= 15 is 0 Å². The first kappa shape index (κ1) is 8.07. The Morgan fingerprint density at radius 1 is 1.44 bits per heavy atom. The van der Waals surface area contributed by atoms with Crippen molar-refractivity contribution in [3.05, 3.63) is 30.1 Å². The molecule has 0 unspecified atom stereocenters. The summed E-state index contributed by atoms with van der Waals surface area (Å²) in [5, 5.41) is 6.50. The van der Waals surface area contributed by atoms with Crippen molar-refractivity contribution < 1.29 is 5.21 Å². The average molecular weight is 126 g/mol. The maximum Gasteiger partial charge on any atom is 0.0372 e. The minimum atomic E-state index is 1.07. The zero-order chi connectivity index (χ0) is 7.11. The molecule has 3 N–H and O–H groups in total. The molecule has 0 aliphatic heterocycles. The van der Waals surface area contributed by atoms with Crippen LogP contribution in [0.15, 0.2) is 24.4 Å². The summed E-state index contributed by atoms with van der Waals surface area (Å²) in [6.45, 7) is 1.97. The summed E-state index contributed by atoms with van der Waals surface area (Å²) < 4.78 is 0. The summed E-state index contributed by atoms with van der Waals surface area (Å²) in [5.74, 6) is 3.50. The molecule has 1 heterocycles. The molecule has 0 atom stereocenters. The number of hydrogen-bond donors (Lipinski definition) is 2. The maximum atomic E-state index is 6.50. The van der Waals surface area contributed by atoms with Gasteiger partial charge in [-0.15, -0.1) is 0 Å². The Kier molecular flexibility index (Phi) is 4.67. The predicted molar refractivity (Wildman–Crippen MR) is 34.9 cm³/mol. The van der Waals surface area contributed by atoms with Gasteiger partial charge in [0.2, 0.25) is 0 Å². The highest BCUT2D eigenvalue weighted by Crippen LogP contribution is 1.85. The van der Waals surface area contributed by atoms with E-state index in [9.17, 15) is 0 Å². The Bertz CT molecular complexity index is 141. The zero-order valence-corrected chi connectivity index (χ0v) is 5.28. The number of nitrogens with zero attached hydrogens (tertiary/aromatic N) is 1. The van der Waals surface area contributed by atoms with E-state index in [0.717, 1.165) is 5.69 Å². The lowest BCUT2D eigenvalue weighted by Gasteiger charge is -1.82. The number of pyridine rings is 1. The lowest BCUT2D eigenvalue weighted by Crippen LogP contribution is -1.72. The highest BCUT2D eigenvalue weighted by molar-refractivity contribution is 4.99. The number of aryl methyl sites for hydroxylation is 1. The molecule has 50 valence electrons. The van der Waals surface area contributed by atoms with Gasteiger partial charge in [-0.25, -0.2) is 5.90 Å². The van der Waals surface area contributed by atoms with Crippen molar-refractivity contribution in [3.8, 4) is 0 Å². The second kappa shape index (κ2) is 5.21. The second-order valence-electron chi connectivity index (χ2n) is 1.47. The van der Waals surface area contributed by atoms with Gasteiger partial charge in [0.25, 0.3) is 0 Å². The molecule has 3 heteroatoms. The molecule has 0 radical (unpaired) electrons. The first-order chi connectivity index (χ1) is 4.39. The normalized spacial score (nSPS) is 7.44. The second-order valence-corrected chi connectivity index (χ2v) is 1.47. The van der Waals surface area contributed by atoms with Gasteiger partial charge in [-0.05, 0) is 19.1 Å². The summed E-state index contributed by atoms with van der Waals surface area (Å²) in [7, 11) is 0. The molecular weight excluding hydrogens is 116 g/mol. The predicted octanol–water partition coefficient (Wildman–Crippen LogP) is 0.724. The van der Waals surface area contributed by atoms with Crippen molar-refractivity contribution in [3.63, 3.8) is 0 Å². The van der Waals surface area contributed by atoms with Gasteiger partial charge >= 0.3 is 0 Å². The fourth-order valence-corrected chi connectivity index (χ4v) is 0.448. The summed E-state index contributed by atoms with van der Waals surface area (Å²) in [5.41, 5.74) is 1.07. The van der Waals surface area contributed by atoms with E-state index in [1.54, 1.807) is 6.20 Å². The Labute approximate surface area is 54.1 Å². The third-order valence-electron chi connectivity index (χ3n) is 0.813. The van der Waals surface area contributed by atoms with Crippen LogP contribution in [0.1, 0.15) is 5.69 Å². The van der Waals surface area contributed by atoms with Crippen molar-refractivity contribution in [2.75, 3.05) is 0 Å². The molecule has 0 fully saturated rings. The van der Waals surface area contributed by atoms with Gasteiger partial charge in [0.05, 0.1) is 0 Å². The van der Waals surface area contributed by atoms with Gasteiger partial charge in [-0.2, -0.15) is 0 Å². The van der Waals surface area contributed by atoms with E-state index in [4.69, 9.17) is 5.21 Å². The molecule has 1 aromatic heterocycles. The SMILES string of the molecule is Cc1ccccn1.NO. The van der Waals surface area contributed by atoms with E-state index in [1.807, 2.05) is 25.1 Å². The number of hydrogen-bond acceptors (Lipinski definition) is 3. The van der Waals surface area contributed by atoms with E-state index in [1.165, 1.54) is 0 Å². The van der Waals surface area contributed by atoms with Crippen LogP contribution in [0.5, 0.6) is 0 Å². The molecule has 1 rings (SSSR count). The fraction of sp³-hybridized carbons (Fsp3) is 0.167. The largest absolute Gasteiger partial charge is 0.320 e. The minimum absolute atomic E-state index is 1.07.